The van der Waals surface area contributed by atoms with E-state index in [1.807, 2.05) is 55.6 Å². The van der Waals surface area contributed by atoms with Gasteiger partial charge in [-0.3, -0.25) is 4.79 Å². The highest BCUT2D eigenvalue weighted by Crippen LogP contribution is 2.35. The van der Waals surface area contributed by atoms with E-state index in [9.17, 15) is 9.59 Å². The van der Waals surface area contributed by atoms with Gasteiger partial charge in [0.1, 0.15) is 0 Å². The van der Waals surface area contributed by atoms with Crippen molar-refractivity contribution in [2.24, 2.45) is 7.05 Å². The van der Waals surface area contributed by atoms with Crippen LogP contribution in [-0.2, 0) is 23.1 Å². The number of benzene rings is 2. The Kier molecular flexibility index (Phi) is 7.10. The summed E-state index contributed by atoms with van der Waals surface area (Å²) in [6.45, 7) is 2.44. The number of carbonyl (C=O) groups excluding carboxylic acids is 2. The van der Waals surface area contributed by atoms with Crippen molar-refractivity contribution in [3.05, 3.63) is 83.2 Å². The molecule has 2 aromatic heterocycles. The van der Waals surface area contributed by atoms with Crippen molar-refractivity contribution in [1.29, 1.82) is 0 Å². The van der Waals surface area contributed by atoms with Gasteiger partial charge in [-0.1, -0.05) is 54.6 Å². The molecule has 1 unspecified atom stereocenters. The maximum atomic E-state index is 12.9. The van der Waals surface area contributed by atoms with Crippen LogP contribution in [0.1, 0.15) is 30.5 Å². The maximum absolute atomic E-state index is 12.9. The number of amides is 2. The predicted molar refractivity (Wildman–Crippen MR) is 132 cm³/mol. The van der Waals surface area contributed by atoms with Gasteiger partial charge in [0.05, 0.1) is 29.6 Å². The van der Waals surface area contributed by atoms with Crippen LogP contribution in [0.4, 0.5) is 4.79 Å². The number of ether oxygens (including phenoxy) is 1. The first-order chi connectivity index (χ1) is 16.1. The van der Waals surface area contributed by atoms with Crippen LogP contribution in [-0.4, -0.2) is 23.2 Å². The minimum absolute atomic E-state index is 0.0694. The molecule has 0 bridgehead atoms. The molecule has 0 aliphatic rings. The number of esters is 1. The van der Waals surface area contributed by atoms with Crippen LogP contribution in [0, 0.1) is 0 Å². The first kappa shape index (κ1) is 22.6. The molecule has 2 N–H and O–H groups in total. The predicted octanol–water partition coefficient (Wildman–Crippen LogP) is 5.40. The monoisotopic (exact) mass is 461 g/mol. The fraction of sp³-hybridized carbons (Fsp3) is 0.231. The molecular weight excluding hydrogens is 434 g/mol. The lowest BCUT2D eigenvalue weighted by molar-refractivity contribution is -0.143. The fourth-order valence-corrected chi connectivity index (χ4v) is 4.91. The van der Waals surface area contributed by atoms with Crippen molar-refractivity contribution in [1.82, 2.24) is 15.2 Å². The number of aromatic nitrogens is 1. The van der Waals surface area contributed by atoms with Gasteiger partial charge in [-0.15, -0.1) is 11.3 Å². The number of thiophene rings is 1. The standard InChI is InChI=1S/C26H27N3O3S/c1-3-32-24(30)16-21(18-10-5-4-6-11-18)28-26(31)27-17-20-19-12-7-8-13-22(19)29(2)25(20)23-14-9-15-33-23/h4-15,21H,3,16-17H2,1-2H3,(H2,27,28,31). The summed E-state index contributed by atoms with van der Waals surface area (Å²) >= 11 is 1.67. The van der Waals surface area contributed by atoms with Crippen molar-refractivity contribution in [3.63, 3.8) is 0 Å². The molecule has 7 heteroatoms. The SMILES string of the molecule is CCOC(=O)CC(NC(=O)NCc1c(-c2cccs2)n(C)c2ccccc12)c1ccccc1. The Balaban J connectivity index is 1.54. The quantitative estimate of drug-likeness (QED) is 0.345. The second-order valence-electron chi connectivity index (χ2n) is 7.68. The Hall–Kier alpha value is -3.58. The van der Waals surface area contributed by atoms with Gasteiger partial charge in [-0.05, 0) is 30.0 Å². The second kappa shape index (κ2) is 10.4. The van der Waals surface area contributed by atoms with E-state index >= 15 is 0 Å². The zero-order valence-corrected chi connectivity index (χ0v) is 19.5. The van der Waals surface area contributed by atoms with Crippen LogP contribution in [0.25, 0.3) is 21.5 Å². The summed E-state index contributed by atoms with van der Waals surface area (Å²) in [5.41, 5.74) is 4.12. The average Bonchev–Trinajstić information content (AvgIpc) is 3.44. The Labute approximate surface area is 197 Å². The lowest BCUT2D eigenvalue weighted by Crippen LogP contribution is -2.38. The molecule has 2 aromatic carbocycles. The molecular formula is C26H27N3O3S. The van der Waals surface area contributed by atoms with E-state index in [4.69, 9.17) is 4.74 Å². The normalized spacial score (nSPS) is 11.8. The molecule has 0 radical (unpaired) electrons. The molecule has 0 fully saturated rings. The van der Waals surface area contributed by atoms with E-state index in [1.54, 1.807) is 18.3 Å². The number of hydrogen-bond acceptors (Lipinski definition) is 4. The summed E-state index contributed by atoms with van der Waals surface area (Å²) in [5, 5.41) is 9.11. The third-order valence-electron chi connectivity index (χ3n) is 5.58. The molecule has 1 atom stereocenters. The number of urea groups is 1. The molecule has 0 aliphatic heterocycles. The van der Waals surface area contributed by atoms with E-state index in [-0.39, 0.29) is 18.4 Å². The van der Waals surface area contributed by atoms with Gasteiger partial charge in [-0.25, -0.2) is 4.79 Å². The van der Waals surface area contributed by atoms with Gasteiger partial charge in [0, 0.05) is 30.1 Å². The molecule has 0 aliphatic carbocycles. The molecule has 2 amide bonds. The van der Waals surface area contributed by atoms with Crippen LogP contribution >= 0.6 is 11.3 Å². The Morgan fingerprint density at radius 3 is 2.52 bits per heavy atom. The molecule has 4 rings (SSSR count). The van der Waals surface area contributed by atoms with E-state index in [0.717, 1.165) is 32.6 Å². The van der Waals surface area contributed by atoms with Gasteiger partial charge in [0.25, 0.3) is 0 Å². The van der Waals surface area contributed by atoms with Gasteiger partial charge in [0.15, 0.2) is 0 Å². The number of nitrogens with one attached hydrogen (secondary N) is 2. The molecule has 170 valence electrons. The molecule has 0 spiro atoms. The largest absolute Gasteiger partial charge is 0.466 e. The number of carbonyl (C=O) groups is 2. The van der Waals surface area contributed by atoms with E-state index in [0.29, 0.717) is 13.2 Å². The van der Waals surface area contributed by atoms with Gasteiger partial charge in [-0.2, -0.15) is 0 Å². The smallest absolute Gasteiger partial charge is 0.315 e. The van der Waals surface area contributed by atoms with Crippen molar-refractivity contribution in [2.75, 3.05) is 6.61 Å². The second-order valence-corrected chi connectivity index (χ2v) is 8.63. The Bertz CT molecular complexity index is 1230. The summed E-state index contributed by atoms with van der Waals surface area (Å²) in [6, 6.07) is 21.0. The number of hydrogen-bond donors (Lipinski definition) is 2. The van der Waals surface area contributed by atoms with Crippen molar-refractivity contribution in [2.45, 2.75) is 25.9 Å². The van der Waals surface area contributed by atoms with Crippen molar-refractivity contribution in [3.8, 4) is 10.6 Å². The minimum atomic E-state index is -0.477. The number of rotatable bonds is 8. The molecule has 0 saturated carbocycles. The fourth-order valence-electron chi connectivity index (χ4n) is 4.08. The average molecular weight is 462 g/mol. The zero-order valence-electron chi connectivity index (χ0n) is 18.7. The van der Waals surface area contributed by atoms with Crippen LogP contribution in [0.15, 0.2) is 72.1 Å². The van der Waals surface area contributed by atoms with Crippen LogP contribution in [0.5, 0.6) is 0 Å². The van der Waals surface area contributed by atoms with Crippen LogP contribution in [0.3, 0.4) is 0 Å². The van der Waals surface area contributed by atoms with Gasteiger partial charge < -0.3 is 19.9 Å². The highest BCUT2D eigenvalue weighted by Gasteiger charge is 2.21. The van der Waals surface area contributed by atoms with Crippen molar-refractivity contribution < 1.29 is 14.3 Å². The first-order valence-electron chi connectivity index (χ1n) is 10.9. The summed E-state index contributed by atoms with van der Waals surface area (Å²) in [5.74, 6) is -0.347. The zero-order chi connectivity index (χ0) is 23.2. The number of para-hydroxylation sites is 1. The lowest BCUT2D eigenvalue weighted by Gasteiger charge is -2.19. The molecule has 2 heterocycles. The first-order valence-corrected chi connectivity index (χ1v) is 11.8. The molecule has 33 heavy (non-hydrogen) atoms. The summed E-state index contributed by atoms with van der Waals surface area (Å²) in [7, 11) is 2.05. The van der Waals surface area contributed by atoms with E-state index in [2.05, 4.69) is 38.8 Å². The van der Waals surface area contributed by atoms with Gasteiger partial charge >= 0.3 is 12.0 Å². The molecule has 0 saturated heterocycles. The van der Waals surface area contributed by atoms with E-state index < -0.39 is 6.04 Å². The topological polar surface area (TPSA) is 72.4 Å². The highest BCUT2D eigenvalue weighted by molar-refractivity contribution is 7.13. The van der Waals surface area contributed by atoms with E-state index in [1.165, 1.54) is 0 Å². The summed E-state index contributed by atoms with van der Waals surface area (Å²) < 4.78 is 7.27. The van der Waals surface area contributed by atoms with Crippen LogP contribution < -0.4 is 10.6 Å². The number of aryl methyl sites for hydroxylation is 1. The Morgan fingerprint density at radius 1 is 1.03 bits per heavy atom. The molecule has 6 nitrogen and oxygen atoms in total. The third-order valence-corrected chi connectivity index (χ3v) is 6.45. The lowest BCUT2D eigenvalue weighted by atomic mass is 10.0. The Morgan fingerprint density at radius 2 is 1.79 bits per heavy atom. The van der Waals surface area contributed by atoms with Crippen molar-refractivity contribution >= 4 is 34.2 Å². The van der Waals surface area contributed by atoms with Gasteiger partial charge in [0.2, 0.25) is 0 Å². The number of fused-ring (bicyclic) bond motifs is 1. The van der Waals surface area contributed by atoms with Crippen LogP contribution in [0.2, 0.25) is 0 Å². The summed E-state index contributed by atoms with van der Waals surface area (Å²) in [4.78, 5) is 26.2. The minimum Gasteiger partial charge on any atom is -0.466 e. The number of nitrogens with zero attached hydrogens (tertiary/aromatic N) is 1. The molecule has 4 aromatic rings. The third kappa shape index (κ3) is 5.09. The maximum Gasteiger partial charge on any atom is 0.315 e. The summed E-state index contributed by atoms with van der Waals surface area (Å²) in [6.07, 6.45) is 0.0694. The highest BCUT2D eigenvalue weighted by atomic mass is 32.1.